The summed E-state index contributed by atoms with van der Waals surface area (Å²) in [5.74, 6) is 0.538. The molecule has 0 heterocycles. The van der Waals surface area contributed by atoms with Crippen LogP contribution in [0.1, 0.15) is 12.5 Å². The highest BCUT2D eigenvalue weighted by Crippen LogP contribution is 2.29. The van der Waals surface area contributed by atoms with Crippen LogP contribution in [0.2, 0.25) is 0 Å². The van der Waals surface area contributed by atoms with E-state index in [1.807, 2.05) is 43.3 Å². The van der Waals surface area contributed by atoms with Gasteiger partial charge in [0.05, 0.1) is 6.61 Å². The maximum absolute atomic E-state index is 13.9. The van der Waals surface area contributed by atoms with Gasteiger partial charge in [-0.1, -0.05) is 52.3 Å². The van der Waals surface area contributed by atoms with E-state index in [4.69, 9.17) is 9.47 Å². The van der Waals surface area contributed by atoms with E-state index in [0.717, 1.165) is 5.75 Å². The first-order valence-corrected chi connectivity index (χ1v) is 7.90. The molecule has 0 amide bonds. The molecular formula is C17H18BrFO2. The maximum atomic E-state index is 13.9. The second-order valence-electron chi connectivity index (χ2n) is 4.85. The van der Waals surface area contributed by atoms with Gasteiger partial charge in [-0.2, -0.15) is 0 Å². The summed E-state index contributed by atoms with van der Waals surface area (Å²) in [6.45, 7) is 2.66. The number of hydrogen-bond donors (Lipinski definition) is 0. The van der Waals surface area contributed by atoms with Gasteiger partial charge in [-0.15, -0.1) is 0 Å². The molecule has 2 aromatic carbocycles. The van der Waals surface area contributed by atoms with Crippen LogP contribution in [0, 0.1) is 5.82 Å². The van der Waals surface area contributed by atoms with Crippen molar-refractivity contribution in [2.45, 2.75) is 12.5 Å². The van der Waals surface area contributed by atoms with E-state index in [2.05, 4.69) is 15.9 Å². The standard InChI is InChI=1S/C17H18BrFO2/c1-17(13-18,15-9-5-6-10-16(15)19)21-12-11-20-14-7-3-2-4-8-14/h2-10H,11-13H2,1H3. The molecule has 0 saturated heterocycles. The minimum absolute atomic E-state index is 0.261. The largest absolute Gasteiger partial charge is 0.491 e. The molecule has 21 heavy (non-hydrogen) atoms. The third-order valence-electron chi connectivity index (χ3n) is 3.21. The zero-order valence-corrected chi connectivity index (χ0v) is 13.5. The average molecular weight is 353 g/mol. The van der Waals surface area contributed by atoms with Gasteiger partial charge in [0.2, 0.25) is 0 Å². The van der Waals surface area contributed by atoms with Crippen LogP contribution < -0.4 is 4.74 Å². The number of rotatable bonds is 7. The highest BCUT2D eigenvalue weighted by molar-refractivity contribution is 9.09. The molecule has 0 fully saturated rings. The Kier molecular flexibility index (Phi) is 5.76. The monoisotopic (exact) mass is 352 g/mol. The molecule has 0 radical (unpaired) electrons. The van der Waals surface area contributed by atoms with E-state index in [0.29, 0.717) is 24.1 Å². The van der Waals surface area contributed by atoms with Crippen LogP contribution in [0.5, 0.6) is 5.75 Å². The summed E-state index contributed by atoms with van der Waals surface area (Å²) in [5, 5.41) is 0.506. The zero-order valence-electron chi connectivity index (χ0n) is 11.9. The molecule has 112 valence electrons. The fourth-order valence-electron chi connectivity index (χ4n) is 2.02. The lowest BCUT2D eigenvalue weighted by Gasteiger charge is -2.28. The minimum atomic E-state index is -0.717. The van der Waals surface area contributed by atoms with E-state index in [1.54, 1.807) is 12.1 Å². The number of hydrogen-bond acceptors (Lipinski definition) is 2. The third kappa shape index (κ3) is 4.29. The lowest BCUT2D eigenvalue weighted by atomic mass is 9.97. The number of halogens is 2. The predicted octanol–water partition coefficient (Wildman–Crippen LogP) is 4.53. The highest BCUT2D eigenvalue weighted by Gasteiger charge is 2.29. The first kappa shape index (κ1) is 16.0. The molecule has 0 N–H and O–H groups in total. The van der Waals surface area contributed by atoms with Gasteiger partial charge in [0, 0.05) is 10.9 Å². The molecule has 0 aliphatic carbocycles. The number of para-hydroxylation sites is 1. The Hall–Kier alpha value is -1.39. The summed E-state index contributed by atoms with van der Waals surface area (Å²) in [5.41, 5.74) is -0.174. The van der Waals surface area contributed by atoms with Gasteiger partial charge in [0.25, 0.3) is 0 Å². The second-order valence-corrected chi connectivity index (χ2v) is 5.42. The van der Waals surface area contributed by atoms with Gasteiger partial charge in [0.1, 0.15) is 23.8 Å². The Labute approximate surface area is 133 Å². The Bertz CT molecular complexity index is 562. The predicted molar refractivity (Wildman–Crippen MR) is 85.4 cm³/mol. The summed E-state index contributed by atoms with van der Waals surface area (Å²) in [6, 6.07) is 16.2. The van der Waals surface area contributed by atoms with Crippen LogP contribution in [-0.4, -0.2) is 18.5 Å². The van der Waals surface area contributed by atoms with Gasteiger partial charge in [-0.05, 0) is 25.1 Å². The smallest absolute Gasteiger partial charge is 0.129 e. The summed E-state index contributed by atoms with van der Waals surface area (Å²) >= 11 is 3.41. The Balaban J connectivity index is 1.92. The molecule has 1 atom stereocenters. The number of ether oxygens (including phenoxy) is 2. The Morgan fingerprint density at radius 3 is 2.33 bits per heavy atom. The van der Waals surface area contributed by atoms with Crippen molar-refractivity contribution in [1.29, 1.82) is 0 Å². The van der Waals surface area contributed by atoms with Gasteiger partial charge in [-0.3, -0.25) is 0 Å². The molecular weight excluding hydrogens is 335 g/mol. The van der Waals surface area contributed by atoms with Crippen LogP contribution in [-0.2, 0) is 10.3 Å². The van der Waals surface area contributed by atoms with E-state index < -0.39 is 5.60 Å². The SMILES string of the molecule is CC(CBr)(OCCOc1ccccc1)c1ccccc1F. The van der Waals surface area contributed by atoms with E-state index >= 15 is 0 Å². The van der Waals surface area contributed by atoms with Crippen molar-refractivity contribution in [2.75, 3.05) is 18.5 Å². The Morgan fingerprint density at radius 1 is 1.00 bits per heavy atom. The third-order valence-corrected chi connectivity index (χ3v) is 4.28. The fourth-order valence-corrected chi connectivity index (χ4v) is 2.49. The molecule has 0 aliphatic rings. The van der Waals surface area contributed by atoms with Crippen LogP contribution in [0.15, 0.2) is 54.6 Å². The molecule has 0 bridgehead atoms. The molecule has 0 saturated carbocycles. The van der Waals surface area contributed by atoms with Gasteiger partial charge >= 0.3 is 0 Å². The molecule has 0 aromatic heterocycles. The first-order valence-electron chi connectivity index (χ1n) is 6.78. The topological polar surface area (TPSA) is 18.5 Å². The normalized spacial score (nSPS) is 13.7. The Morgan fingerprint density at radius 2 is 1.67 bits per heavy atom. The molecule has 2 rings (SSSR count). The fraction of sp³-hybridized carbons (Fsp3) is 0.294. The highest BCUT2D eigenvalue weighted by atomic mass is 79.9. The maximum Gasteiger partial charge on any atom is 0.129 e. The summed E-state index contributed by atoms with van der Waals surface area (Å²) in [4.78, 5) is 0. The van der Waals surface area contributed by atoms with E-state index in [-0.39, 0.29) is 5.82 Å². The van der Waals surface area contributed by atoms with Crippen LogP contribution in [0.3, 0.4) is 0 Å². The van der Waals surface area contributed by atoms with Crippen molar-refractivity contribution in [3.05, 3.63) is 66.0 Å². The molecule has 4 heteroatoms. The van der Waals surface area contributed by atoms with E-state index in [9.17, 15) is 4.39 Å². The lowest BCUT2D eigenvalue weighted by molar-refractivity contribution is -0.0313. The molecule has 0 aliphatic heterocycles. The van der Waals surface area contributed by atoms with Crippen LogP contribution in [0.25, 0.3) is 0 Å². The van der Waals surface area contributed by atoms with Crippen molar-refractivity contribution >= 4 is 15.9 Å². The molecule has 0 spiro atoms. The van der Waals surface area contributed by atoms with Gasteiger partial charge in [-0.25, -0.2) is 4.39 Å². The summed E-state index contributed by atoms with van der Waals surface area (Å²) < 4.78 is 25.3. The number of alkyl halides is 1. The molecule has 2 nitrogen and oxygen atoms in total. The molecule has 2 aromatic rings. The van der Waals surface area contributed by atoms with E-state index in [1.165, 1.54) is 6.07 Å². The zero-order chi connectivity index (χ0) is 15.1. The van der Waals surface area contributed by atoms with Gasteiger partial charge in [0.15, 0.2) is 0 Å². The molecule has 1 unspecified atom stereocenters. The minimum Gasteiger partial charge on any atom is -0.491 e. The summed E-state index contributed by atoms with van der Waals surface area (Å²) in [7, 11) is 0. The van der Waals surface area contributed by atoms with Crippen molar-refractivity contribution in [2.24, 2.45) is 0 Å². The average Bonchev–Trinajstić information content (AvgIpc) is 2.53. The van der Waals surface area contributed by atoms with Gasteiger partial charge < -0.3 is 9.47 Å². The summed E-state index contributed by atoms with van der Waals surface area (Å²) in [6.07, 6.45) is 0. The van der Waals surface area contributed by atoms with Crippen molar-refractivity contribution < 1.29 is 13.9 Å². The van der Waals surface area contributed by atoms with Crippen molar-refractivity contribution in [3.63, 3.8) is 0 Å². The van der Waals surface area contributed by atoms with Crippen molar-refractivity contribution in [3.8, 4) is 5.75 Å². The van der Waals surface area contributed by atoms with Crippen LogP contribution in [0.4, 0.5) is 4.39 Å². The first-order chi connectivity index (χ1) is 10.2. The number of benzene rings is 2. The lowest BCUT2D eigenvalue weighted by Crippen LogP contribution is -2.31. The van der Waals surface area contributed by atoms with Crippen molar-refractivity contribution in [1.82, 2.24) is 0 Å². The second kappa shape index (κ2) is 7.57. The quantitative estimate of drug-likeness (QED) is 0.538. The van der Waals surface area contributed by atoms with Crippen LogP contribution >= 0.6 is 15.9 Å².